The third kappa shape index (κ3) is 2.12. The van der Waals surface area contributed by atoms with E-state index in [0.717, 1.165) is 4.88 Å². The van der Waals surface area contributed by atoms with Crippen molar-refractivity contribution in [2.75, 3.05) is 13.2 Å². The zero-order valence-corrected chi connectivity index (χ0v) is 10.2. The van der Waals surface area contributed by atoms with Gasteiger partial charge in [0.2, 0.25) is 0 Å². The number of ether oxygens (including phenoxy) is 1. The molecule has 0 bridgehead atoms. The first kappa shape index (κ1) is 11.9. The van der Waals surface area contributed by atoms with Crippen molar-refractivity contribution in [3.63, 3.8) is 0 Å². The maximum absolute atomic E-state index is 11.7. The molecule has 6 heteroatoms. The number of carbonyl (C=O) groups excluding carboxylic acids is 1. The molecule has 0 saturated carbocycles. The van der Waals surface area contributed by atoms with Crippen LogP contribution < -0.4 is 0 Å². The molecule has 1 amide bonds. The number of amides is 1. The molecule has 17 heavy (non-hydrogen) atoms. The van der Waals surface area contributed by atoms with Crippen LogP contribution in [0.4, 0.5) is 4.79 Å². The lowest BCUT2D eigenvalue weighted by atomic mass is 10.0. The van der Waals surface area contributed by atoms with Gasteiger partial charge in [-0.25, -0.2) is 9.59 Å². The van der Waals surface area contributed by atoms with Crippen molar-refractivity contribution in [1.82, 2.24) is 4.90 Å². The number of carbonyl (C=O) groups is 2. The quantitative estimate of drug-likeness (QED) is 0.876. The summed E-state index contributed by atoms with van der Waals surface area (Å²) in [7, 11) is 0. The van der Waals surface area contributed by atoms with Crippen LogP contribution in [0, 0.1) is 0 Å². The largest absolute Gasteiger partial charge is 0.479 e. The number of thiophene rings is 1. The van der Waals surface area contributed by atoms with Gasteiger partial charge in [-0.15, -0.1) is 11.3 Å². The molecule has 5 nitrogen and oxygen atoms in total. The van der Waals surface area contributed by atoms with Gasteiger partial charge in [0.05, 0.1) is 6.61 Å². The Morgan fingerprint density at radius 3 is 3.06 bits per heavy atom. The van der Waals surface area contributed by atoms with Gasteiger partial charge < -0.3 is 9.84 Å². The predicted molar refractivity (Wildman–Crippen MR) is 62.1 cm³/mol. The average Bonchev–Trinajstić information content (AvgIpc) is 2.75. The molecule has 1 unspecified atom stereocenters. The van der Waals surface area contributed by atoms with Crippen LogP contribution in [0.15, 0.2) is 11.4 Å². The molecule has 1 aliphatic rings. The zero-order chi connectivity index (χ0) is 12.4. The van der Waals surface area contributed by atoms with Gasteiger partial charge in [-0.05, 0) is 30.4 Å². The molecule has 92 valence electrons. The summed E-state index contributed by atoms with van der Waals surface area (Å²) in [5.41, 5.74) is 0.710. The van der Waals surface area contributed by atoms with Gasteiger partial charge in [0, 0.05) is 11.4 Å². The lowest BCUT2D eigenvalue weighted by molar-refractivity contribution is -0.143. The van der Waals surface area contributed by atoms with Crippen LogP contribution in [0.5, 0.6) is 0 Å². The standard InChI is InChI=1S/C11H13NO4S/c1-2-16-11(15)12-5-3-8-7(4-6-17-8)9(12)10(13)14/h4,6,9H,2-3,5H2,1H3,(H,13,14). The minimum atomic E-state index is -1.02. The lowest BCUT2D eigenvalue weighted by Crippen LogP contribution is -2.43. The molecule has 0 saturated heterocycles. The number of hydrogen-bond donors (Lipinski definition) is 1. The van der Waals surface area contributed by atoms with E-state index >= 15 is 0 Å². The SMILES string of the molecule is CCOC(=O)N1CCc2sccc2C1C(=O)O. The van der Waals surface area contributed by atoms with E-state index in [1.165, 1.54) is 16.2 Å². The zero-order valence-electron chi connectivity index (χ0n) is 9.38. The van der Waals surface area contributed by atoms with Crippen molar-refractivity contribution in [1.29, 1.82) is 0 Å². The molecule has 0 aliphatic carbocycles. The molecule has 1 N–H and O–H groups in total. The number of nitrogens with zero attached hydrogens (tertiary/aromatic N) is 1. The highest BCUT2D eigenvalue weighted by Gasteiger charge is 2.37. The molecule has 1 aromatic rings. The lowest BCUT2D eigenvalue weighted by Gasteiger charge is -2.32. The molecule has 2 heterocycles. The van der Waals surface area contributed by atoms with Gasteiger partial charge in [-0.1, -0.05) is 0 Å². The van der Waals surface area contributed by atoms with E-state index in [-0.39, 0.29) is 6.61 Å². The van der Waals surface area contributed by atoms with Gasteiger partial charge in [0.15, 0.2) is 6.04 Å². The smallest absolute Gasteiger partial charge is 0.410 e. The second kappa shape index (κ2) is 4.75. The molecule has 0 radical (unpaired) electrons. The summed E-state index contributed by atoms with van der Waals surface area (Å²) in [5, 5.41) is 11.1. The van der Waals surface area contributed by atoms with E-state index < -0.39 is 18.1 Å². The Bertz CT molecular complexity index is 442. The van der Waals surface area contributed by atoms with Crippen LogP contribution >= 0.6 is 11.3 Å². The molecule has 0 fully saturated rings. The van der Waals surface area contributed by atoms with Crippen LogP contribution in [0.2, 0.25) is 0 Å². The Morgan fingerprint density at radius 1 is 1.65 bits per heavy atom. The normalized spacial score (nSPS) is 18.6. The highest BCUT2D eigenvalue weighted by molar-refractivity contribution is 7.10. The van der Waals surface area contributed by atoms with E-state index in [2.05, 4.69) is 0 Å². The van der Waals surface area contributed by atoms with Crippen LogP contribution in [-0.2, 0) is 16.0 Å². The van der Waals surface area contributed by atoms with Gasteiger partial charge >= 0.3 is 12.1 Å². The van der Waals surface area contributed by atoms with E-state index in [4.69, 9.17) is 4.74 Å². The fraction of sp³-hybridized carbons (Fsp3) is 0.455. The Balaban J connectivity index is 2.30. The molecule has 1 aliphatic heterocycles. The fourth-order valence-corrected chi connectivity index (χ4v) is 2.89. The van der Waals surface area contributed by atoms with E-state index in [9.17, 15) is 14.7 Å². The fourth-order valence-electron chi connectivity index (χ4n) is 1.99. The third-order valence-electron chi connectivity index (χ3n) is 2.70. The van der Waals surface area contributed by atoms with E-state index in [1.54, 1.807) is 13.0 Å². The number of aliphatic carboxylic acids is 1. The minimum Gasteiger partial charge on any atom is -0.479 e. The Hall–Kier alpha value is -1.56. The first-order chi connectivity index (χ1) is 8.15. The average molecular weight is 255 g/mol. The number of carboxylic acid groups (broad SMARTS) is 1. The highest BCUT2D eigenvalue weighted by atomic mass is 32.1. The van der Waals surface area contributed by atoms with Crippen molar-refractivity contribution in [3.8, 4) is 0 Å². The van der Waals surface area contributed by atoms with Crippen molar-refractivity contribution in [2.24, 2.45) is 0 Å². The number of carboxylic acids is 1. The van der Waals surface area contributed by atoms with E-state index in [0.29, 0.717) is 18.5 Å². The van der Waals surface area contributed by atoms with Crippen LogP contribution in [0.1, 0.15) is 23.4 Å². The molecule has 2 rings (SSSR count). The number of fused-ring (bicyclic) bond motifs is 1. The third-order valence-corrected chi connectivity index (χ3v) is 3.70. The number of rotatable bonds is 2. The summed E-state index contributed by atoms with van der Waals surface area (Å²) in [6.07, 6.45) is 0.132. The molecule has 1 aromatic heterocycles. The topological polar surface area (TPSA) is 66.8 Å². The van der Waals surface area contributed by atoms with E-state index in [1.807, 2.05) is 5.38 Å². The Labute approximate surface area is 103 Å². The summed E-state index contributed by atoms with van der Waals surface area (Å²) in [5.74, 6) is -1.02. The summed E-state index contributed by atoms with van der Waals surface area (Å²) in [4.78, 5) is 25.3. The molecular weight excluding hydrogens is 242 g/mol. The van der Waals surface area contributed by atoms with Gasteiger partial charge in [0.25, 0.3) is 0 Å². The summed E-state index contributed by atoms with van der Waals surface area (Å²) < 4.78 is 4.88. The van der Waals surface area contributed by atoms with Crippen molar-refractivity contribution < 1.29 is 19.4 Å². The monoisotopic (exact) mass is 255 g/mol. The molecular formula is C11H13NO4S. The minimum absolute atomic E-state index is 0.248. The summed E-state index contributed by atoms with van der Waals surface area (Å²) in [6.45, 7) is 2.34. The predicted octanol–water partition coefficient (Wildman–Crippen LogP) is 1.89. The van der Waals surface area contributed by atoms with Crippen LogP contribution in [-0.4, -0.2) is 35.2 Å². The first-order valence-corrected chi connectivity index (χ1v) is 6.25. The van der Waals surface area contributed by atoms with Crippen LogP contribution in [0.25, 0.3) is 0 Å². The first-order valence-electron chi connectivity index (χ1n) is 5.37. The maximum atomic E-state index is 11.7. The van der Waals surface area contributed by atoms with Crippen molar-refractivity contribution >= 4 is 23.4 Å². The Morgan fingerprint density at radius 2 is 2.41 bits per heavy atom. The highest BCUT2D eigenvalue weighted by Crippen LogP contribution is 2.33. The number of hydrogen-bond acceptors (Lipinski definition) is 4. The summed E-state index contributed by atoms with van der Waals surface area (Å²) in [6, 6.07) is 0.855. The Kier molecular flexibility index (Phi) is 3.33. The van der Waals surface area contributed by atoms with Gasteiger partial charge in [-0.3, -0.25) is 4.90 Å². The van der Waals surface area contributed by atoms with Crippen molar-refractivity contribution in [2.45, 2.75) is 19.4 Å². The van der Waals surface area contributed by atoms with Crippen molar-refractivity contribution in [3.05, 3.63) is 21.9 Å². The van der Waals surface area contributed by atoms with Gasteiger partial charge in [-0.2, -0.15) is 0 Å². The molecule has 1 atom stereocenters. The second-order valence-electron chi connectivity index (χ2n) is 3.68. The van der Waals surface area contributed by atoms with Gasteiger partial charge in [0.1, 0.15) is 0 Å². The van der Waals surface area contributed by atoms with Crippen LogP contribution in [0.3, 0.4) is 0 Å². The maximum Gasteiger partial charge on any atom is 0.410 e. The molecule has 0 aromatic carbocycles. The molecule has 0 spiro atoms. The second-order valence-corrected chi connectivity index (χ2v) is 4.68. The summed E-state index contributed by atoms with van der Waals surface area (Å²) >= 11 is 1.53.